The number of hydrogen-bond acceptors (Lipinski definition) is 4. The summed E-state index contributed by atoms with van der Waals surface area (Å²) in [5.74, 6) is -0.878. The fraction of sp³-hybridized carbons (Fsp3) is 0.250. The summed E-state index contributed by atoms with van der Waals surface area (Å²) in [5.41, 5.74) is 1.42. The van der Waals surface area contributed by atoms with Crippen LogP contribution in [0.4, 0.5) is 14.5 Å². The van der Waals surface area contributed by atoms with Crippen LogP contribution >= 0.6 is 0 Å². The van der Waals surface area contributed by atoms with Crippen LogP contribution in [0.15, 0.2) is 65.6 Å². The Hall–Kier alpha value is -2.97. The molecule has 1 aliphatic rings. The van der Waals surface area contributed by atoms with E-state index < -0.39 is 27.8 Å². The highest BCUT2D eigenvalue weighted by Gasteiger charge is 2.34. The van der Waals surface area contributed by atoms with E-state index >= 15 is 0 Å². The lowest BCUT2D eigenvalue weighted by Crippen LogP contribution is -2.43. The van der Waals surface area contributed by atoms with Crippen molar-refractivity contribution in [2.24, 2.45) is 0 Å². The summed E-state index contributed by atoms with van der Waals surface area (Å²) in [5, 5.41) is 9.18. The number of aryl methyl sites for hydroxylation is 1. The van der Waals surface area contributed by atoms with Gasteiger partial charge in [0.2, 0.25) is 0 Å². The summed E-state index contributed by atoms with van der Waals surface area (Å²) in [4.78, 5) is 0.133. The largest absolute Gasteiger partial charge is 0.486 e. The fourth-order valence-electron chi connectivity index (χ4n) is 3.80. The second kappa shape index (κ2) is 8.88. The van der Waals surface area contributed by atoms with Crippen LogP contribution < -0.4 is 9.04 Å². The number of fused-ring (bicyclic) bond motifs is 1. The van der Waals surface area contributed by atoms with Gasteiger partial charge in [0.25, 0.3) is 10.0 Å². The number of halogens is 2. The van der Waals surface area contributed by atoms with Gasteiger partial charge >= 0.3 is 0 Å². The van der Waals surface area contributed by atoms with E-state index in [9.17, 15) is 22.3 Å². The first kappa shape index (κ1) is 22.2. The molecule has 0 unspecified atom stereocenters. The summed E-state index contributed by atoms with van der Waals surface area (Å²) in [6.07, 6.45) is 0.479. The number of aliphatic hydroxyl groups excluding tert-OH is 1. The van der Waals surface area contributed by atoms with Gasteiger partial charge < -0.3 is 9.84 Å². The van der Waals surface area contributed by atoms with E-state index in [1.807, 2.05) is 0 Å². The molecule has 1 heterocycles. The molecular weight excluding hydrogens is 436 g/mol. The van der Waals surface area contributed by atoms with Crippen molar-refractivity contribution in [2.45, 2.75) is 30.8 Å². The van der Waals surface area contributed by atoms with Gasteiger partial charge in [-0.05, 0) is 73.4 Å². The minimum absolute atomic E-state index is 0.0307. The second-order valence-corrected chi connectivity index (χ2v) is 9.63. The summed E-state index contributed by atoms with van der Waals surface area (Å²) >= 11 is 0. The molecule has 0 aliphatic carbocycles. The topological polar surface area (TPSA) is 66.8 Å². The van der Waals surface area contributed by atoms with Crippen LogP contribution in [-0.4, -0.2) is 32.8 Å². The van der Waals surface area contributed by atoms with E-state index in [1.54, 1.807) is 37.3 Å². The van der Waals surface area contributed by atoms with Gasteiger partial charge in [-0.15, -0.1) is 0 Å². The summed E-state index contributed by atoms with van der Waals surface area (Å²) in [6.45, 7) is 1.81. The van der Waals surface area contributed by atoms with Crippen LogP contribution in [0.5, 0.6) is 5.75 Å². The molecule has 0 bridgehead atoms. The maximum Gasteiger partial charge on any atom is 0.264 e. The first-order valence-electron chi connectivity index (χ1n) is 10.3. The molecule has 32 heavy (non-hydrogen) atoms. The molecule has 0 saturated heterocycles. The first-order chi connectivity index (χ1) is 15.3. The summed E-state index contributed by atoms with van der Waals surface area (Å²) in [7, 11) is -3.95. The van der Waals surface area contributed by atoms with Crippen molar-refractivity contribution in [1.29, 1.82) is 0 Å². The van der Waals surface area contributed by atoms with Gasteiger partial charge in [-0.1, -0.05) is 18.2 Å². The number of rotatable bonds is 6. The number of anilines is 1. The number of sulfonamides is 1. The maximum atomic E-state index is 14.4. The fourth-order valence-corrected chi connectivity index (χ4v) is 5.40. The molecule has 8 heteroatoms. The Balaban J connectivity index is 1.83. The van der Waals surface area contributed by atoms with Gasteiger partial charge in [0.15, 0.2) is 0 Å². The molecule has 3 aromatic carbocycles. The first-order valence-corrected chi connectivity index (χ1v) is 11.7. The lowest BCUT2D eigenvalue weighted by atomic mass is 10.0. The Kier molecular flexibility index (Phi) is 6.17. The van der Waals surface area contributed by atoms with E-state index in [-0.39, 0.29) is 29.3 Å². The van der Waals surface area contributed by atoms with E-state index in [0.717, 1.165) is 23.8 Å². The smallest absolute Gasteiger partial charge is 0.264 e. The lowest BCUT2D eigenvalue weighted by Gasteiger charge is -2.36. The van der Waals surface area contributed by atoms with Crippen LogP contribution in [0.25, 0.3) is 11.1 Å². The van der Waals surface area contributed by atoms with Gasteiger partial charge in [0.05, 0.1) is 17.1 Å². The van der Waals surface area contributed by atoms with Crippen LogP contribution in [0, 0.1) is 18.6 Å². The predicted octanol–water partition coefficient (Wildman–Crippen LogP) is 4.67. The number of ether oxygens (including phenoxy) is 1. The van der Waals surface area contributed by atoms with Crippen molar-refractivity contribution >= 4 is 15.7 Å². The SMILES string of the molecule is Cc1cccc(S(=O)(=O)N2C[C@H](CCCO)Oc3ccc(-c4cc(F)ccc4F)cc32)c1. The van der Waals surface area contributed by atoms with Gasteiger partial charge in [0.1, 0.15) is 23.5 Å². The highest BCUT2D eigenvalue weighted by Crippen LogP contribution is 2.41. The standard InChI is InChI=1S/C24H23F2NO4S/c1-16-4-2-6-20(12-16)32(29,30)27-15-19(5-3-11-28)31-24-10-7-17(13-23(24)27)21-14-18(25)8-9-22(21)26/h2,4,6-10,12-14,19,28H,3,5,11,15H2,1H3/t19-/m0/s1. The molecule has 0 saturated carbocycles. The zero-order chi connectivity index (χ0) is 22.9. The van der Waals surface area contributed by atoms with E-state index in [1.165, 1.54) is 16.4 Å². The molecule has 0 spiro atoms. The minimum atomic E-state index is -3.95. The number of benzene rings is 3. The molecule has 168 valence electrons. The molecule has 3 aromatic rings. The van der Waals surface area contributed by atoms with Gasteiger partial charge in [-0.2, -0.15) is 0 Å². The minimum Gasteiger partial charge on any atom is -0.486 e. The van der Waals surface area contributed by atoms with Crippen LogP contribution in [0.2, 0.25) is 0 Å². The quantitative estimate of drug-likeness (QED) is 0.582. The Labute approximate surface area is 185 Å². The zero-order valence-corrected chi connectivity index (χ0v) is 18.3. The third-order valence-corrected chi connectivity index (χ3v) is 7.17. The predicted molar refractivity (Wildman–Crippen MR) is 118 cm³/mol. The molecule has 1 atom stereocenters. The Morgan fingerprint density at radius 1 is 1.09 bits per heavy atom. The van der Waals surface area contributed by atoms with E-state index in [0.29, 0.717) is 24.2 Å². The van der Waals surface area contributed by atoms with Crippen molar-refractivity contribution in [1.82, 2.24) is 0 Å². The van der Waals surface area contributed by atoms with E-state index in [4.69, 9.17) is 4.74 Å². The number of hydrogen-bond donors (Lipinski definition) is 1. The zero-order valence-electron chi connectivity index (χ0n) is 17.5. The van der Waals surface area contributed by atoms with Gasteiger partial charge in [0, 0.05) is 12.2 Å². The van der Waals surface area contributed by atoms with Crippen molar-refractivity contribution in [3.63, 3.8) is 0 Å². The van der Waals surface area contributed by atoms with Crippen molar-refractivity contribution < 1.29 is 27.0 Å². The normalized spacial score (nSPS) is 15.9. The van der Waals surface area contributed by atoms with Crippen molar-refractivity contribution in [3.05, 3.63) is 77.9 Å². The van der Waals surface area contributed by atoms with Gasteiger partial charge in [-0.25, -0.2) is 17.2 Å². The Morgan fingerprint density at radius 3 is 2.66 bits per heavy atom. The van der Waals surface area contributed by atoms with Crippen LogP contribution in [0.3, 0.4) is 0 Å². The average molecular weight is 460 g/mol. The highest BCUT2D eigenvalue weighted by molar-refractivity contribution is 7.92. The Morgan fingerprint density at radius 2 is 1.91 bits per heavy atom. The second-order valence-electron chi connectivity index (χ2n) is 7.77. The maximum absolute atomic E-state index is 14.4. The Bertz CT molecular complexity index is 1250. The molecule has 1 aliphatic heterocycles. The molecule has 0 aromatic heterocycles. The molecular formula is C24H23F2NO4S. The van der Waals surface area contributed by atoms with Crippen molar-refractivity contribution in [2.75, 3.05) is 17.5 Å². The van der Waals surface area contributed by atoms with Crippen LogP contribution in [0.1, 0.15) is 18.4 Å². The highest BCUT2D eigenvalue weighted by atomic mass is 32.2. The van der Waals surface area contributed by atoms with Gasteiger partial charge in [-0.3, -0.25) is 4.31 Å². The molecule has 0 fully saturated rings. The average Bonchev–Trinajstić information content (AvgIpc) is 2.78. The molecule has 4 rings (SSSR count). The third kappa shape index (κ3) is 4.33. The molecule has 0 radical (unpaired) electrons. The summed E-state index contributed by atoms with van der Waals surface area (Å²) < 4.78 is 62.5. The third-order valence-electron chi connectivity index (χ3n) is 5.39. The van der Waals surface area contributed by atoms with Crippen molar-refractivity contribution in [3.8, 4) is 16.9 Å². The number of aliphatic hydroxyl groups is 1. The van der Waals surface area contributed by atoms with Crippen LogP contribution in [-0.2, 0) is 10.0 Å². The molecule has 5 nitrogen and oxygen atoms in total. The molecule has 0 amide bonds. The number of nitrogens with zero attached hydrogens (tertiary/aromatic N) is 1. The molecule has 1 N–H and O–H groups in total. The summed E-state index contributed by atoms with van der Waals surface area (Å²) in [6, 6.07) is 14.4. The lowest BCUT2D eigenvalue weighted by molar-refractivity contribution is 0.172. The van der Waals surface area contributed by atoms with E-state index in [2.05, 4.69) is 0 Å². The monoisotopic (exact) mass is 459 g/mol.